The number of aliphatic hydroxyl groups excluding tert-OH is 1. The van der Waals surface area contributed by atoms with Crippen molar-refractivity contribution >= 4 is 5.91 Å². The number of nitrogens with one attached hydrogen (secondary N) is 1. The molecule has 2 rings (SSSR count). The summed E-state index contributed by atoms with van der Waals surface area (Å²) in [5.41, 5.74) is 5.52. The van der Waals surface area contributed by atoms with E-state index >= 15 is 0 Å². The van der Waals surface area contributed by atoms with Crippen molar-refractivity contribution < 1.29 is 9.90 Å². The molecule has 2 fully saturated rings. The first-order valence-electron chi connectivity index (χ1n) is 5.41. The highest BCUT2D eigenvalue weighted by molar-refractivity contribution is 5.80. The van der Waals surface area contributed by atoms with Crippen LogP contribution < -0.4 is 11.1 Å². The predicted molar refractivity (Wildman–Crippen MR) is 52.4 cm³/mol. The van der Waals surface area contributed by atoms with Crippen molar-refractivity contribution in [3.63, 3.8) is 0 Å². The van der Waals surface area contributed by atoms with Gasteiger partial charge in [0, 0.05) is 18.5 Å². The van der Waals surface area contributed by atoms with E-state index in [0.29, 0.717) is 6.54 Å². The van der Waals surface area contributed by atoms with Gasteiger partial charge in [-0.05, 0) is 25.7 Å². The number of hydrogen-bond donors (Lipinski definition) is 3. The summed E-state index contributed by atoms with van der Waals surface area (Å²) in [4.78, 5) is 11.5. The summed E-state index contributed by atoms with van der Waals surface area (Å²) in [6.07, 6.45) is 3.40. The van der Waals surface area contributed by atoms with Crippen LogP contribution in [0.1, 0.15) is 25.7 Å². The molecule has 0 spiro atoms. The van der Waals surface area contributed by atoms with E-state index in [1.807, 2.05) is 0 Å². The Bertz CT molecular complexity index is 232. The monoisotopic (exact) mass is 198 g/mol. The van der Waals surface area contributed by atoms with Crippen LogP contribution in [-0.4, -0.2) is 29.7 Å². The van der Waals surface area contributed by atoms with E-state index in [0.717, 1.165) is 25.7 Å². The van der Waals surface area contributed by atoms with Gasteiger partial charge in [-0.2, -0.15) is 0 Å². The van der Waals surface area contributed by atoms with Crippen molar-refractivity contribution in [2.45, 2.75) is 37.8 Å². The summed E-state index contributed by atoms with van der Waals surface area (Å²) in [6.45, 7) is 0.391. The van der Waals surface area contributed by atoms with Gasteiger partial charge in [0.15, 0.2) is 0 Å². The Morgan fingerprint density at radius 1 is 1.50 bits per heavy atom. The Morgan fingerprint density at radius 3 is 3.00 bits per heavy atom. The number of aliphatic hydroxyl groups is 1. The van der Waals surface area contributed by atoms with Crippen LogP contribution in [0.3, 0.4) is 0 Å². The predicted octanol–water partition coefficient (Wildman–Crippen LogP) is -0.389. The Balaban J connectivity index is 2.06. The van der Waals surface area contributed by atoms with Crippen LogP contribution in [-0.2, 0) is 4.79 Å². The molecule has 0 aromatic rings. The van der Waals surface area contributed by atoms with E-state index in [9.17, 15) is 9.90 Å². The van der Waals surface area contributed by atoms with E-state index in [-0.39, 0.29) is 29.9 Å². The summed E-state index contributed by atoms with van der Waals surface area (Å²) in [6, 6.07) is 0.189. The van der Waals surface area contributed by atoms with Crippen molar-refractivity contribution in [1.29, 1.82) is 0 Å². The van der Waals surface area contributed by atoms with Gasteiger partial charge in [0.05, 0.1) is 12.0 Å². The second-order valence-electron chi connectivity index (χ2n) is 4.45. The lowest BCUT2D eigenvalue weighted by atomic mass is 9.74. The van der Waals surface area contributed by atoms with Crippen LogP contribution >= 0.6 is 0 Å². The molecule has 4 atom stereocenters. The number of nitrogens with two attached hydrogens (primary N) is 1. The van der Waals surface area contributed by atoms with Crippen molar-refractivity contribution in [3.05, 3.63) is 0 Å². The van der Waals surface area contributed by atoms with Crippen LogP contribution in [0.2, 0.25) is 0 Å². The lowest BCUT2D eigenvalue weighted by Crippen LogP contribution is -2.55. The van der Waals surface area contributed by atoms with E-state index in [2.05, 4.69) is 5.32 Å². The largest absolute Gasteiger partial charge is 0.393 e. The zero-order chi connectivity index (χ0) is 10.1. The molecule has 4 heteroatoms. The van der Waals surface area contributed by atoms with Gasteiger partial charge < -0.3 is 16.2 Å². The van der Waals surface area contributed by atoms with Gasteiger partial charge in [-0.1, -0.05) is 0 Å². The molecule has 80 valence electrons. The van der Waals surface area contributed by atoms with E-state index in [1.54, 1.807) is 0 Å². The molecule has 1 aliphatic heterocycles. The molecule has 14 heavy (non-hydrogen) atoms. The summed E-state index contributed by atoms with van der Waals surface area (Å²) in [7, 11) is 0. The molecule has 0 radical (unpaired) electrons. The molecule has 0 unspecified atom stereocenters. The molecule has 0 aromatic heterocycles. The van der Waals surface area contributed by atoms with E-state index in [1.165, 1.54) is 0 Å². The first kappa shape index (κ1) is 9.93. The Hall–Kier alpha value is -0.610. The maximum atomic E-state index is 11.5. The molecular formula is C10H18N2O2. The summed E-state index contributed by atoms with van der Waals surface area (Å²) in [5, 5.41) is 12.8. The molecule has 1 amide bonds. The number of carbonyl (C=O) groups is 1. The van der Waals surface area contributed by atoms with Crippen molar-refractivity contribution in [2.75, 3.05) is 6.54 Å². The topological polar surface area (TPSA) is 75.3 Å². The number of piperidine rings is 1. The third-order valence-corrected chi connectivity index (χ3v) is 3.57. The van der Waals surface area contributed by atoms with E-state index < -0.39 is 0 Å². The minimum absolute atomic E-state index is 0.0721. The fourth-order valence-electron chi connectivity index (χ4n) is 2.68. The summed E-state index contributed by atoms with van der Waals surface area (Å²) < 4.78 is 0. The van der Waals surface area contributed by atoms with Gasteiger partial charge >= 0.3 is 0 Å². The molecular weight excluding hydrogens is 180 g/mol. The molecule has 4 nitrogen and oxygen atoms in total. The second kappa shape index (κ2) is 3.87. The summed E-state index contributed by atoms with van der Waals surface area (Å²) in [5.74, 6) is 0.210. The Kier molecular flexibility index (Phi) is 2.74. The molecule has 1 saturated carbocycles. The molecule has 1 heterocycles. The number of hydrogen-bond acceptors (Lipinski definition) is 3. The standard InChI is InChI=1S/C10H18N2O2/c11-5-6-4-7-8(12-10(6)14)2-1-3-9(7)13/h6-9,13H,1-5,11H2,(H,12,14)/t6-,7+,8-,9-/m1/s1. The lowest BCUT2D eigenvalue weighted by Gasteiger charge is -2.41. The molecule has 0 bridgehead atoms. The van der Waals surface area contributed by atoms with Crippen molar-refractivity contribution in [1.82, 2.24) is 5.32 Å². The van der Waals surface area contributed by atoms with Gasteiger partial charge in [0.25, 0.3) is 0 Å². The van der Waals surface area contributed by atoms with Gasteiger partial charge in [-0.25, -0.2) is 0 Å². The number of rotatable bonds is 1. The maximum absolute atomic E-state index is 11.5. The fraction of sp³-hybridized carbons (Fsp3) is 0.900. The average Bonchev–Trinajstić information content (AvgIpc) is 2.17. The molecule has 1 aliphatic carbocycles. The molecule has 1 saturated heterocycles. The molecule has 2 aliphatic rings. The minimum Gasteiger partial charge on any atom is -0.393 e. The van der Waals surface area contributed by atoms with Gasteiger partial charge in [-0.3, -0.25) is 4.79 Å². The lowest BCUT2D eigenvalue weighted by molar-refractivity contribution is -0.131. The Labute approximate surface area is 83.9 Å². The van der Waals surface area contributed by atoms with Crippen molar-refractivity contribution in [3.8, 4) is 0 Å². The van der Waals surface area contributed by atoms with Crippen LogP contribution in [0, 0.1) is 11.8 Å². The zero-order valence-electron chi connectivity index (χ0n) is 8.28. The van der Waals surface area contributed by atoms with Crippen molar-refractivity contribution in [2.24, 2.45) is 17.6 Å². The smallest absolute Gasteiger partial charge is 0.224 e. The second-order valence-corrected chi connectivity index (χ2v) is 4.45. The molecule has 4 N–H and O–H groups in total. The third-order valence-electron chi connectivity index (χ3n) is 3.57. The number of fused-ring (bicyclic) bond motifs is 1. The zero-order valence-corrected chi connectivity index (χ0v) is 8.28. The highest BCUT2D eigenvalue weighted by atomic mass is 16.3. The van der Waals surface area contributed by atoms with Crippen LogP contribution in [0.15, 0.2) is 0 Å². The van der Waals surface area contributed by atoms with Crippen LogP contribution in [0.25, 0.3) is 0 Å². The van der Waals surface area contributed by atoms with Gasteiger partial charge in [0.1, 0.15) is 0 Å². The van der Waals surface area contributed by atoms with Gasteiger partial charge in [0.2, 0.25) is 5.91 Å². The number of amides is 1. The molecule has 0 aromatic carbocycles. The average molecular weight is 198 g/mol. The van der Waals surface area contributed by atoms with Crippen LogP contribution in [0.5, 0.6) is 0 Å². The van der Waals surface area contributed by atoms with Crippen LogP contribution in [0.4, 0.5) is 0 Å². The first-order chi connectivity index (χ1) is 6.72. The van der Waals surface area contributed by atoms with Gasteiger partial charge in [-0.15, -0.1) is 0 Å². The maximum Gasteiger partial charge on any atom is 0.224 e. The highest BCUT2D eigenvalue weighted by Gasteiger charge is 2.40. The quantitative estimate of drug-likeness (QED) is 0.537. The normalized spacial score (nSPS) is 42.9. The minimum atomic E-state index is -0.247. The fourth-order valence-corrected chi connectivity index (χ4v) is 2.68. The van der Waals surface area contributed by atoms with E-state index in [4.69, 9.17) is 5.73 Å². The number of carbonyl (C=O) groups excluding carboxylic acids is 1. The SMILES string of the molecule is NC[C@H]1C[C@@H]2[C@H](O)CCC[C@H]2NC1=O. The first-order valence-corrected chi connectivity index (χ1v) is 5.41. The third kappa shape index (κ3) is 1.64. The highest BCUT2D eigenvalue weighted by Crippen LogP contribution is 2.33. The Morgan fingerprint density at radius 2 is 2.29 bits per heavy atom. The summed E-state index contributed by atoms with van der Waals surface area (Å²) >= 11 is 0.